The van der Waals surface area contributed by atoms with Gasteiger partial charge in [-0.25, -0.2) is 4.68 Å². The van der Waals surface area contributed by atoms with Crippen molar-refractivity contribution in [3.05, 3.63) is 70.5 Å². The van der Waals surface area contributed by atoms with Crippen LogP contribution >= 0.6 is 0 Å². The molecule has 0 aliphatic carbocycles. The molecule has 28 heavy (non-hydrogen) atoms. The summed E-state index contributed by atoms with van der Waals surface area (Å²) in [4.78, 5) is 27.6. The Morgan fingerprint density at radius 1 is 1.04 bits per heavy atom. The van der Waals surface area contributed by atoms with E-state index in [-0.39, 0.29) is 24.1 Å². The van der Waals surface area contributed by atoms with E-state index in [2.05, 4.69) is 20.5 Å². The Hall–Kier alpha value is -3.06. The van der Waals surface area contributed by atoms with Crippen LogP contribution in [0.2, 0.25) is 0 Å². The van der Waals surface area contributed by atoms with Crippen LogP contribution in [0, 0.1) is 0 Å². The number of aromatic nitrogens is 3. The third-order valence-electron chi connectivity index (χ3n) is 5.10. The molecule has 1 aromatic heterocycles. The lowest BCUT2D eigenvalue weighted by molar-refractivity contribution is -0.122. The maximum Gasteiger partial charge on any atom is 0.278 e. The van der Waals surface area contributed by atoms with Gasteiger partial charge in [-0.15, -0.1) is 5.10 Å². The number of rotatable bonds is 6. The predicted octanol–water partition coefficient (Wildman–Crippen LogP) is 1.74. The average Bonchev–Trinajstić information content (AvgIpc) is 3.24. The molecule has 144 valence electrons. The highest BCUT2D eigenvalue weighted by Crippen LogP contribution is 2.17. The molecular formula is C21H23N5O2. The number of nitrogens with zero attached hydrogens (tertiary/aromatic N) is 4. The highest BCUT2D eigenvalue weighted by Gasteiger charge is 2.21. The zero-order valence-corrected chi connectivity index (χ0v) is 15.6. The fourth-order valence-electron chi connectivity index (χ4n) is 3.65. The van der Waals surface area contributed by atoms with Crippen LogP contribution in [0.1, 0.15) is 24.4 Å². The Morgan fingerprint density at radius 3 is 2.54 bits per heavy atom. The second kappa shape index (κ2) is 8.31. The van der Waals surface area contributed by atoms with Crippen LogP contribution in [0.3, 0.4) is 0 Å². The lowest BCUT2D eigenvalue weighted by atomic mass is 10.1. The van der Waals surface area contributed by atoms with E-state index >= 15 is 0 Å². The summed E-state index contributed by atoms with van der Waals surface area (Å²) in [5.41, 5.74) is 1.27. The molecule has 0 saturated carbocycles. The van der Waals surface area contributed by atoms with Crippen LogP contribution in [-0.4, -0.2) is 45.4 Å². The lowest BCUT2D eigenvalue weighted by Crippen LogP contribution is -2.40. The number of nitrogens with one attached hydrogen (secondary N) is 1. The van der Waals surface area contributed by atoms with Crippen LogP contribution in [0.5, 0.6) is 0 Å². The standard InChI is InChI=1S/C21H23N5O2/c27-20(15-26-21(28)17-10-4-5-11-18(17)23-24-26)22-19(14-25-12-6-7-13-25)16-8-2-1-3-9-16/h1-5,8-11,19H,6-7,12-15H2,(H,22,27). The number of hydrogen-bond acceptors (Lipinski definition) is 5. The van der Waals surface area contributed by atoms with E-state index in [1.807, 2.05) is 30.3 Å². The first kappa shape index (κ1) is 18.3. The van der Waals surface area contributed by atoms with Crippen molar-refractivity contribution in [2.24, 2.45) is 0 Å². The van der Waals surface area contributed by atoms with Gasteiger partial charge in [0, 0.05) is 6.54 Å². The van der Waals surface area contributed by atoms with Gasteiger partial charge >= 0.3 is 0 Å². The second-order valence-electron chi connectivity index (χ2n) is 7.11. The molecular weight excluding hydrogens is 354 g/mol. The largest absolute Gasteiger partial charge is 0.346 e. The Morgan fingerprint density at radius 2 is 1.75 bits per heavy atom. The first-order valence-electron chi connectivity index (χ1n) is 9.60. The molecule has 1 aliphatic heterocycles. The van der Waals surface area contributed by atoms with E-state index in [1.54, 1.807) is 24.3 Å². The van der Waals surface area contributed by atoms with Crippen molar-refractivity contribution >= 4 is 16.8 Å². The normalized spacial score (nSPS) is 15.6. The van der Waals surface area contributed by atoms with Gasteiger partial charge < -0.3 is 10.2 Å². The number of carbonyl (C=O) groups is 1. The van der Waals surface area contributed by atoms with Crippen LogP contribution < -0.4 is 10.9 Å². The molecule has 1 aliphatic rings. The Balaban J connectivity index is 1.51. The number of hydrogen-bond donors (Lipinski definition) is 1. The van der Waals surface area contributed by atoms with Gasteiger partial charge in [-0.05, 0) is 43.6 Å². The number of benzene rings is 2. The van der Waals surface area contributed by atoms with Crippen molar-refractivity contribution in [2.45, 2.75) is 25.4 Å². The minimum Gasteiger partial charge on any atom is -0.346 e. The Kier molecular flexibility index (Phi) is 5.43. The van der Waals surface area contributed by atoms with Crippen LogP contribution in [-0.2, 0) is 11.3 Å². The molecule has 1 N–H and O–H groups in total. The summed E-state index contributed by atoms with van der Waals surface area (Å²) in [6.07, 6.45) is 2.38. The second-order valence-corrected chi connectivity index (χ2v) is 7.11. The minimum absolute atomic E-state index is 0.129. The van der Waals surface area contributed by atoms with Gasteiger partial charge in [0.1, 0.15) is 12.1 Å². The van der Waals surface area contributed by atoms with E-state index in [1.165, 1.54) is 12.8 Å². The highest BCUT2D eigenvalue weighted by atomic mass is 16.2. The molecule has 1 amide bonds. The van der Waals surface area contributed by atoms with Gasteiger partial charge in [-0.1, -0.05) is 47.7 Å². The molecule has 4 rings (SSSR count). The minimum atomic E-state index is -0.309. The molecule has 1 saturated heterocycles. The molecule has 2 aromatic carbocycles. The summed E-state index contributed by atoms with van der Waals surface area (Å²) in [7, 11) is 0. The highest BCUT2D eigenvalue weighted by molar-refractivity contribution is 5.78. The molecule has 1 unspecified atom stereocenters. The third kappa shape index (κ3) is 4.09. The molecule has 3 aromatic rings. The van der Waals surface area contributed by atoms with Crippen molar-refractivity contribution in [3.8, 4) is 0 Å². The van der Waals surface area contributed by atoms with Gasteiger partial charge in [-0.3, -0.25) is 9.59 Å². The molecule has 1 atom stereocenters. The molecule has 1 fully saturated rings. The molecule has 2 heterocycles. The summed E-state index contributed by atoms with van der Waals surface area (Å²) in [6, 6.07) is 16.8. The maximum atomic E-state index is 12.7. The summed E-state index contributed by atoms with van der Waals surface area (Å²) in [5, 5.41) is 11.5. The van der Waals surface area contributed by atoms with Gasteiger partial charge in [-0.2, -0.15) is 0 Å². The summed E-state index contributed by atoms with van der Waals surface area (Å²) >= 11 is 0. The van der Waals surface area contributed by atoms with Gasteiger partial charge in [0.05, 0.1) is 11.4 Å². The Labute approximate surface area is 163 Å². The summed E-state index contributed by atoms with van der Waals surface area (Å²) in [5.74, 6) is -0.250. The Bertz CT molecular complexity index is 1010. The van der Waals surface area contributed by atoms with Crippen molar-refractivity contribution < 1.29 is 4.79 Å². The lowest BCUT2D eigenvalue weighted by Gasteiger charge is -2.25. The predicted molar refractivity (Wildman–Crippen MR) is 107 cm³/mol. The van der Waals surface area contributed by atoms with Crippen molar-refractivity contribution in [1.82, 2.24) is 25.2 Å². The van der Waals surface area contributed by atoms with E-state index < -0.39 is 0 Å². The molecule has 0 bridgehead atoms. The maximum absolute atomic E-state index is 12.7. The van der Waals surface area contributed by atoms with Crippen LogP contribution in [0.15, 0.2) is 59.4 Å². The topological polar surface area (TPSA) is 80.1 Å². The SMILES string of the molecule is O=C(Cn1nnc2ccccc2c1=O)NC(CN1CCCC1)c1ccccc1. The fourth-order valence-corrected chi connectivity index (χ4v) is 3.65. The van der Waals surface area contributed by atoms with Crippen molar-refractivity contribution in [3.63, 3.8) is 0 Å². The zero-order valence-electron chi connectivity index (χ0n) is 15.6. The first-order chi connectivity index (χ1) is 13.7. The van der Waals surface area contributed by atoms with E-state index in [0.29, 0.717) is 10.9 Å². The molecule has 7 nitrogen and oxygen atoms in total. The van der Waals surface area contributed by atoms with Crippen LogP contribution in [0.25, 0.3) is 10.9 Å². The number of carbonyl (C=O) groups excluding carboxylic acids is 1. The number of fused-ring (bicyclic) bond motifs is 1. The zero-order chi connectivity index (χ0) is 19.3. The number of likely N-dealkylation sites (tertiary alicyclic amines) is 1. The summed E-state index contributed by atoms with van der Waals surface area (Å²) < 4.78 is 1.12. The van der Waals surface area contributed by atoms with E-state index in [9.17, 15) is 9.59 Å². The molecule has 0 spiro atoms. The fraction of sp³-hybridized carbons (Fsp3) is 0.333. The van der Waals surface area contributed by atoms with Gasteiger partial charge in [0.15, 0.2) is 0 Å². The molecule has 7 heteroatoms. The monoisotopic (exact) mass is 377 g/mol. The first-order valence-corrected chi connectivity index (χ1v) is 9.60. The van der Waals surface area contributed by atoms with Crippen molar-refractivity contribution in [1.29, 1.82) is 0 Å². The third-order valence-corrected chi connectivity index (χ3v) is 5.10. The number of amides is 1. The molecule has 0 radical (unpaired) electrons. The van der Waals surface area contributed by atoms with Gasteiger partial charge in [0.25, 0.3) is 5.56 Å². The van der Waals surface area contributed by atoms with E-state index in [4.69, 9.17) is 0 Å². The smallest absolute Gasteiger partial charge is 0.278 e. The van der Waals surface area contributed by atoms with Crippen molar-refractivity contribution in [2.75, 3.05) is 19.6 Å². The average molecular weight is 377 g/mol. The summed E-state index contributed by atoms with van der Waals surface area (Å²) in [6.45, 7) is 2.71. The quantitative estimate of drug-likeness (QED) is 0.708. The van der Waals surface area contributed by atoms with Gasteiger partial charge in [0.2, 0.25) is 5.91 Å². The van der Waals surface area contributed by atoms with E-state index in [0.717, 1.165) is 29.9 Å². The van der Waals surface area contributed by atoms with Crippen LogP contribution in [0.4, 0.5) is 0 Å².